The van der Waals surface area contributed by atoms with Crippen molar-refractivity contribution in [3.05, 3.63) is 29.8 Å². The molecular formula is C15H24N2OS. The van der Waals surface area contributed by atoms with E-state index in [-0.39, 0.29) is 0 Å². The zero-order valence-electron chi connectivity index (χ0n) is 11.7. The van der Waals surface area contributed by atoms with Gasteiger partial charge in [-0.05, 0) is 24.2 Å². The molecule has 0 aromatic heterocycles. The number of hydrogen-bond donors (Lipinski definition) is 1. The first-order chi connectivity index (χ1) is 9.38. The van der Waals surface area contributed by atoms with Gasteiger partial charge in [-0.25, -0.2) is 0 Å². The quantitative estimate of drug-likeness (QED) is 0.828. The molecule has 1 aliphatic heterocycles. The molecule has 2 rings (SSSR count). The van der Waals surface area contributed by atoms with Crippen molar-refractivity contribution in [2.24, 2.45) is 0 Å². The second-order valence-electron chi connectivity index (χ2n) is 4.73. The summed E-state index contributed by atoms with van der Waals surface area (Å²) in [6, 6.07) is 8.38. The Labute approximate surface area is 120 Å². The monoisotopic (exact) mass is 280 g/mol. The Morgan fingerprint density at radius 1 is 1.32 bits per heavy atom. The molecule has 19 heavy (non-hydrogen) atoms. The molecule has 0 saturated carbocycles. The maximum Gasteiger partial charge on any atom is 0.119 e. The molecule has 0 radical (unpaired) electrons. The zero-order chi connectivity index (χ0) is 13.3. The van der Waals surface area contributed by atoms with Crippen LogP contribution < -0.4 is 10.1 Å². The Balaban J connectivity index is 1.72. The fourth-order valence-electron chi connectivity index (χ4n) is 2.13. The number of benzene rings is 1. The molecule has 1 aromatic carbocycles. The van der Waals surface area contributed by atoms with Gasteiger partial charge in [0.2, 0.25) is 0 Å². The lowest BCUT2D eigenvalue weighted by Crippen LogP contribution is -2.35. The summed E-state index contributed by atoms with van der Waals surface area (Å²) < 4.78 is 5.85. The zero-order valence-corrected chi connectivity index (χ0v) is 12.5. The Hall–Kier alpha value is -0.710. The van der Waals surface area contributed by atoms with Gasteiger partial charge in [-0.1, -0.05) is 19.1 Å². The van der Waals surface area contributed by atoms with Crippen LogP contribution in [-0.2, 0) is 6.54 Å². The Bertz CT molecular complexity index is 367. The van der Waals surface area contributed by atoms with E-state index in [0.717, 1.165) is 32.0 Å². The van der Waals surface area contributed by atoms with Crippen molar-refractivity contribution >= 4 is 11.8 Å². The predicted molar refractivity (Wildman–Crippen MR) is 83.1 cm³/mol. The van der Waals surface area contributed by atoms with E-state index in [1.54, 1.807) is 0 Å². The van der Waals surface area contributed by atoms with Gasteiger partial charge in [0.05, 0.1) is 0 Å². The third kappa shape index (κ3) is 5.43. The largest absolute Gasteiger partial charge is 0.492 e. The molecular weight excluding hydrogens is 256 g/mol. The molecule has 4 heteroatoms. The van der Waals surface area contributed by atoms with E-state index in [4.69, 9.17) is 4.74 Å². The van der Waals surface area contributed by atoms with Crippen molar-refractivity contribution in [2.45, 2.75) is 13.5 Å². The van der Waals surface area contributed by atoms with Gasteiger partial charge in [-0.2, -0.15) is 11.8 Å². The molecule has 1 aromatic rings. The summed E-state index contributed by atoms with van der Waals surface area (Å²) >= 11 is 2.05. The molecule has 0 atom stereocenters. The van der Waals surface area contributed by atoms with Gasteiger partial charge in [0.25, 0.3) is 0 Å². The number of thioether (sulfide) groups is 1. The highest BCUT2D eigenvalue weighted by atomic mass is 32.2. The number of ether oxygens (including phenoxy) is 1. The highest BCUT2D eigenvalue weighted by Gasteiger charge is 2.09. The number of nitrogens with one attached hydrogen (secondary N) is 1. The molecule has 0 amide bonds. The van der Waals surface area contributed by atoms with Crippen LogP contribution in [0.4, 0.5) is 0 Å². The van der Waals surface area contributed by atoms with Crippen molar-refractivity contribution in [2.75, 3.05) is 44.3 Å². The Kier molecular flexibility index (Phi) is 6.54. The summed E-state index contributed by atoms with van der Waals surface area (Å²) in [6.07, 6.45) is 0. The van der Waals surface area contributed by atoms with E-state index >= 15 is 0 Å². The van der Waals surface area contributed by atoms with E-state index in [2.05, 4.69) is 35.3 Å². The lowest BCUT2D eigenvalue weighted by Gasteiger charge is -2.25. The average Bonchev–Trinajstić information content (AvgIpc) is 2.47. The van der Waals surface area contributed by atoms with E-state index in [1.165, 1.54) is 30.2 Å². The van der Waals surface area contributed by atoms with Gasteiger partial charge in [0.1, 0.15) is 12.4 Å². The van der Waals surface area contributed by atoms with Crippen molar-refractivity contribution in [1.29, 1.82) is 0 Å². The summed E-state index contributed by atoms with van der Waals surface area (Å²) in [4.78, 5) is 2.49. The van der Waals surface area contributed by atoms with Crippen molar-refractivity contribution < 1.29 is 4.74 Å². The molecule has 1 saturated heterocycles. The minimum Gasteiger partial charge on any atom is -0.492 e. The average molecular weight is 280 g/mol. The third-order valence-electron chi connectivity index (χ3n) is 3.26. The first kappa shape index (κ1) is 14.7. The van der Waals surface area contributed by atoms with Crippen LogP contribution in [0.5, 0.6) is 5.75 Å². The fourth-order valence-corrected chi connectivity index (χ4v) is 3.11. The van der Waals surface area contributed by atoms with Crippen LogP contribution in [0.2, 0.25) is 0 Å². The smallest absolute Gasteiger partial charge is 0.119 e. The van der Waals surface area contributed by atoms with Crippen LogP contribution in [0.1, 0.15) is 12.5 Å². The van der Waals surface area contributed by atoms with Gasteiger partial charge >= 0.3 is 0 Å². The van der Waals surface area contributed by atoms with E-state index in [9.17, 15) is 0 Å². The molecule has 1 aliphatic rings. The maximum atomic E-state index is 5.85. The van der Waals surface area contributed by atoms with Crippen molar-refractivity contribution in [1.82, 2.24) is 10.2 Å². The lowest BCUT2D eigenvalue weighted by atomic mass is 10.2. The Morgan fingerprint density at radius 2 is 2.16 bits per heavy atom. The summed E-state index contributed by atoms with van der Waals surface area (Å²) in [7, 11) is 0. The molecule has 1 heterocycles. The standard InChI is InChI=1S/C15H24N2OS/c1-2-16-13-14-4-3-5-15(12-14)18-9-6-17-7-10-19-11-8-17/h3-5,12,16H,2,6-11,13H2,1H3. The summed E-state index contributed by atoms with van der Waals surface area (Å²) in [5.74, 6) is 3.51. The fraction of sp³-hybridized carbons (Fsp3) is 0.600. The summed E-state index contributed by atoms with van der Waals surface area (Å²) in [5.41, 5.74) is 1.29. The predicted octanol–water partition coefficient (Wildman–Crippen LogP) is 2.22. The highest BCUT2D eigenvalue weighted by Crippen LogP contribution is 2.14. The molecule has 106 valence electrons. The highest BCUT2D eigenvalue weighted by molar-refractivity contribution is 7.99. The first-order valence-electron chi connectivity index (χ1n) is 7.11. The SMILES string of the molecule is CCNCc1cccc(OCCN2CCSCC2)c1. The third-order valence-corrected chi connectivity index (χ3v) is 4.20. The number of hydrogen-bond acceptors (Lipinski definition) is 4. The van der Waals surface area contributed by atoms with E-state index in [0.29, 0.717) is 0 Å². The van der Waals surface area contributed by atoms with Crippen molar-refractivity contribution in [3.8, 4) is 5.75 Å². The van der Waals surface area contributed by atoms with E-state index < -0.39 is 0 Å². The second kappa shape index (κ2) is 8.46. The van der Waals surface area contributed by atoms with Gasteiger partial charge < -0.3 is 10.1 Å². The first-order valence-corrected chi connectivity index (χ1v) is 8.26. The van der Waals surface area contributed by atoms with Crippen LogP contribution in [0, 0.1) is 0 Å². The normalized spacial score (nSPS) is 16.5. The lowest BCUT2D eigenvalue weighted by molar-refractivity contribution is 0.222. The van der Waals surface area contributed by atoms with E-state index in [1.807, 2.05) is 17.8 Å². The van der Waals surface area contributed by atoms with Crippen LogP contribution in [0.15, 0.2) is 24.3 Å². The maximum absolute atomic E-state index is 5.85. The number of rotatable bonds is 7. The van der Waals surface area contributed by atoms with Crippen LogP contribution in [0.3, 0.4) is 0 Å². The summed E-state index contributed by atoms with van der Waals surface area (Å²) in [6.45, 7) is 8.27. The topological polar surface area (TPSA) is 24.5 Å². The minimum absolute atomic E-state index is 0.787. The molecule has 0 spiro atoms. The van der Waals surface area contributed by atoms with Gasteiger partial charge in [0.15, 0.2) is 0 Å². The van der Waals surface area contributed by atoms with Gasteiger partial charge in [-0.3, -0.25) is 4.90 Å². The van der Waals surface area contributed by atoms with Gasteiger partial charge in [0, 0.05) is 37.7 Å². The minimum atomic E-state index is 0.787. The molecule has 1 N–H and O–H groups in total. The van der Waals surface area contributed by atoms with Crippen molar-refractivity contribution in [3.63, 3.8) is 0 Å². The molecule has 0 aliphatic carbocycles. The number of nitrogens with zero attached hydrogens (tertiary/aromatic N) is 1. The molecule has 1 fully saturated rings. The van der Waals surface area contributed by atoms with Gasteiger partial charge in [-0.15, -0.1) is 0 Å². The van der Waals surface area contributed by atoms with Crippen LogP contribution >= 0.6 is 11.8 Å². The summed E-state index contributed by atoms with van der Waals surface area (Å²) in [5, 5.41) is 3.33. The Morgan fingerprint density at radius 3 is 2.95 bits per heavy atom. The molecule has 3 nitrogen and oxygen atoms in total. The van der Waals surface area contributed by atoms with Crippen LogP contribution in [-0.4, -0.2) is 49.2 Å². The molecule has 0 bridgehead atoms. The van der Waals surface area contributed by atoms with Crippen LogP contribution in [0.25, 0.3) is 0 Å². The molecule has 0 unspecified atom stereocenters. The second-order valence-corrected chi connectivity index (χ2v) is 5.95.